The van der Waals surface area contributed by atoms with Crippen LogP contribution in [0.15, 0.2) is 0 Å². The molecule has 2 amide bonds. The van der Waals surface area contributed by atoms with Crippen LogP contribution in [0.3, 0.4) is 0 Å². The smallest absolute Gasteiger partial charge is 0.305 e. The van der Waals surface area contributed by atoms with Crippen molar-refractivity contribution in [2.24, 2.45) is 5.73 Å². The Morgan fingerprint density at radius 2 is 2.16 bits per heavy atom. The van der Waals surface area contributed by atoms with Gasteiger partial charge in [0.05, 0.1) is 6.42 Å². The molecule has 0 bridgehead atoms. The van der Waals surface area contributed by atoms with Gasteiger partial charge in [-0.3, -0.25) is 14.4 Å². The second-order valence-electron chi connectivity index (χ2n) is 5.38. The van der Waals surface area contributed by atoms with E-state index in [1.54, 1.807) is 0 Å². The van der Waals surface area contributed by atoms with Crippen LogP contribution < -0.4 is 11.1 Å². The normalized spacial score (nSPS) is 25.4. The number of rotatable bonds is 4. The van der Waals surface area contributed by atoms with Crippen molar-refractivity contribution in [3.63, 3.8) is 0 Å². The Kier molecular flexibility index (Phi) is 3.75. The Hall–Kier alpha value is -1.63. The van der Waals surface area contributed by atoms with Gasteiger partial charge in [0.15, 0.2) is 0 Å². The number of nitrogens with zero attached hydrogens (tertiary/aromatic N) is 1. The zero-order valence-corrected chi connectivity index (χ0v) is 10.7. The molecule has 106 valence electrons. The number of carboxylic acids is 1. The Morgan fingerprint density at radius 3 is 2.68 bits per heavy atom. The largest absolute Gasteiger partial charge is 0.481 e. The van der Waals surface area contributed by atoms with E-state index in [-0.39, 0.29) is 18.7 Å². The van der Waals surface area contributed by atoms with E-state index in [9.17, 15) is 14.4 Å². The van der Waals surface area contributed by atoms with Crippen LogP contribution in [0.1, 0.15) is 32.1 Å². The number of aliphatic carboxylic acids is 1. The van der Waals surface area contributed by atoms with Gasteiger partial charge in [-0.25, -0.2) is 0 Å². The van der Waals surface area contributed by atoms with E-state index in [0.29, 0.717) is 13.1 Å². The van der Waals surface area contributed by atoms with E-state index in [0.717, 1.165) is 19.3 Å². The van der Waals surface area contributed by atoms with Gasteiger partial charge in [-0.2, -0.15) is 0 Å². The molecule has 2 aliphatic rings. The third kappa shape index (κ3) is 3.04. The zero-order valence-electron chi connectivity index (χ0n) is 10.7. The number of hydrogen-bond donors (Lipinski definition) is 3. The van der Waals surface area contributed by atoms with Gasteiger partial charge in [-0.05, 0) is 19.3 Å². The second kappa shape index (κ2) is 5.16. The van der Waals surface area contributed by atoms with Crippen molar-refractivity contribution in [2.45, 2.75) is 43.7 Å². The van der Waals surface area contributed by atoms with Crippen LogP contribution in [0, 0.1) is 0 Å². The maximum Gasteiger partial charge on any atom is 0.305 e. The molecule has 2 rings (SSSR count). The molecule has 0 radical (unpaired) electrons. The van der Waals surface area contributed by atoms with Crippen molar-refractivity contribution in [3.05, 3.63) is 0 Å². The van der Waals surface area contributed by atoms with Gasteiger partial charge in [0.2, 0.25) is 11.8 Å². The molecular formula is C12H19N3O4. The highest BCUT2D eigenvalue weighted by atomic mass is 16.4. The maximum absolute atomic E-state index is 12.2. The van der Waals surface area contributed by atoms with Crippen molar-refractivity contribution in [1.82, 2.24) is 10.2 Å². The van der Waals surface area contributed by atoms with Gasteiger partial charge >= 0.3 is 5.97 Å². The lowest BCUT2D eigenvalue weighted by Gasteiger charge is -2.41. The van der Waals surface area contributed by atoms with E-state index < -0.39 is 23.5 Å². The lowest BCUT2D eigenvalue weighted by molar-refractivity contribution is -0.149. The first-order chi connectivity index (χ1) is 8.91. The van der Waals surface area contributed by atoms with Gasteiger partial charge in [-0.1, -0.05) is 0 Å². The van der Waals surface area contributed by atoms with E-state index in [1.807, 2.05) is 0 Å². The fourth-order valence-corrected chi connectivity index (χ4v) is 2.59. The summed E-state index contributed by atoms with van der Waals surface area (Å²) in [6.45, 7) is 0.705. The number of nitrogens with one attached hydrogen (secondary N) is 1. The number of hydrogen-bond acceptors (Lipinski definition) is 4. The summed E-state index contributed by atoms with van der Waals surface area (Å²) < 4.78 is 0. The molecule has 1 saturated heterocycles. The predicted octanol–water partition coefficient (Wildman–Crippen LogP) is -0.940. The third-order valence-corrected chi connectivity index (χ3v) is 3.87. The van der Waals surface area contributed by atoms with Crippen LogP contribution in [0.4, 0.5) is 0 Å². The summed E-state index contributed by atoms with van der Waals surface area (Å²) in [5, 5.41) is 11.4. The molecule has 19 heavy (non-hydrogen) atoms. The predicted molar refractivity (Wildman–Crippen MR) is 66.1 cm³/mol. The molecule has 7 heteroatoms. The van der Waals surface area contributed by atoms with Gasteiger partial charge < -0.3 is 21.1 Å². The van der Waals surface area contributed by atoms with E-state index in [2.05, 4.69) is 5.32 Å². The van der Waals surface area contributed by atoms with Crippen molar-refractivity contribution in [3.8, 4) is 0 Å². The molecule has 1 aliphatic heterocycles. The lowest BCUT2D eigenvalue weighted by atomic mass is 9.75. The Morgan fingerprint density at radius 1 is 1.47 bits per heavy atom. The van der Waals surface area contributed by atoms with Gasteiger partial charge in [0.1, 0.15) is 6.04 Å². The standard InChI is InChI=1S/C12H19N3O4/c13-12(2-1-3-12)7-9(16)15-5-4-14-11(19)8(15)6-10(17)18/h8H,1-7,13H2,(H,14,19)(H,17,18). The average Bonchev–Trinajstić information content (AvgIpc) is 2.29. The fraction of sp³-hybridized carbons (Fsp3) is 0.750. The number of nitrogens with two attached hydrogens (primary N) is 1. The van der Waals surface area contributed by atoms with Crippen molar-refractivity contribution >= 4 is 17.8 Å². The van der Waals surface area contributed by atoms with Crippen molar-refractivity contribution in [1.29, 1.82) is 0 Å². The second-order valence-corrected chi connectivity index (χ2v) is 5.38. The highest BCUT2D eigenvalue weighted by molar-refractivity contribution is 5.91. The molecule has 7 nitrogen and oxygen atoms in total. The monoisotopic (exact) mass is 269 g/mol. The van der Waals surface area contributed by atoms with Gasteiger partial charge in [0.25, 0.3) is 0 Å². The Balaban J connectivity index is 2.03. The SMILES string of the molecule is NC1(CC(=O)N2CCNC(=O)C2CC(=O)O)CCC1. The summed E-state index contributed by atoms with van der Waals surface area (Å²) in [4.78, 5) is 36.1. The quantitative estimate of drug-likeness (QED) is 0.609. The molecule has 1 heterocycles. The van der Waals surface area contributed by atoms with E-state index in [4.69, 9.17) is 10.8 Å². The molecule has 1 unspecified atom stereocenters. The summed E-state index contributed by atoms with van der Waals surface area (Å²) in [7, 11) is 0. The van der Waals surface area contributed by atoms with Crippen molar-refractivity contribution in [2.75, 3.05) is 13.1 Å². The molecule has 2 fully saturated rings. The first kappa shape index (κ1) is 13.8. The highest BCUT2D eigenvalue weighted by Gasteiger charge is 2.40. The zero-order chi connectivity index (χ0) is 14.0. The average molecular weight is 269 g/mol. The van der Waals surface area contributed by atoms with Crippen molar-refractivity contribution < 1.29 is 19.5 Å². The molecule has 1 saturated carbocycles. The Bertz CT molecular complexity index is 406. The molecule has 1 atom stereocenters. The highest BCUT2D eigenvalue weighted by Crippen LogP contribution is 2.33. The summed E-state index contributed by atoms with van der Waals surface area (Å²) in [5.74, 6) is -1.71. The number of carboxylic acid groups (broad SMARTS) is 1. The minimum absolute atomic E-state index is 0.191. The maximum atomic E-state index is 12.2. The van der Waals surface area contributed by atoms with E-state index >= 15 is 0 Å². The van der Waals surface area contributed by atoms with Crippen LogP contribution in [0.25, 0.3) is 0 Å². The van der Waals surface area contributed by atoms with E-state index in [1.165, 1.54) is 4.90 Å². The van der Waals surface area contributed by atoms with Crippen LogP contribution in [0.5, 0.6) is 0 Å². The number of carbonyl (C=O) groups excluding carboxylic acids is 2. The molecular weight excluding hydrogens is 250 g/mol. The number of piperazine rings is 1. The van der Waals surface area contributed by atoms with Gasteiger partial charge in [-0.15, -0.1) is 0 Å². The summed E-state index contributed by atoms with van der Waals surface area (Å²) in [6.07, 6.45) is 2.46. The lowest BCUT2D eigenvalue weighted by Crippen LogP contribution is -2.60. The first-order valence-corrected chi connectivity index (χ1v) is 6.49. The fourth-order valence-electron chi connectivity index (χ4n) is 2.59. The summed E-state index contributed by atoms with van der Waals surface area (Å²) >= 11 is 0. The molecule has 1 aliphatic carbocycles. The molecule has 0 spiro atoms. The van der Waals surface area contributed by atoms with Crippen LogP contribution in [-0.2, 0) is 14.4 Å². The summed E-state index contributed by atoms with van der Waals surface area (Å²) in [6, 6.07) is -0.914. The Labute approximate surface area is 111 Å². The number of amides is 2. The van der Waals surface area contributed by atoms with Gasteiger partial charge in [0, 0.05) is 25.0 Å². The number of carbonyl (C=O) groups is 3. The minimum atomic E-state index is -1.09. The molecule has 0 aromatic heterocycles. The molecule has 4 N–H and O–H groups in total. The summed E-state index contributed by atoms with van der Waals surface area (Å²) in [5.41, 5.74) is 5.57. The first-order valence-electron chi connectivity index (χ1n) is 6.49. The van der Waals surface area contributed by atoms with Crippen LogP contribution in [0.2, 0.25) is 0 Å². The minimum Gasteiger partial charge on any atom is -0.481 e. The third-order valence-electron chi connectivity index (χ3n) is 3.87. The topological polar surface area (TPSA) is 113 Å². The molecule has 0 aromatic carbocycles. The van der Waals surface area contributed by atoms with Crippen LogP contribution in [-0.4, -0.2) is 52.5 Å². The molecule has 0 aromatic rings. The van der Waals surface area contributed by atoms with Crippen LogP contribution >= 0.6 is 0 Å².